The molecule has 4 nitrogen and oxygen atoms in total. The second kappa shape index (κ2) is 7.18. The number of aromatic nitrogens is 1. The number of ketones is 1. The van der Waals surface area contributed by atoms with Crippen molar-refractivity contribution in [2.24, 2.45) is 0 Å². The number of carbonyl (C=O) groups is 2. The standard InChI is InChI=1S/C19H20N2O2/c22-18(7-8-19(23)21-17-9-11-20-12-10-17)16-6-5-14-3-1-2-4-15(14)13-16/h5-6,9-13H,1-4,7-8H2,(H,20,21,23). The maximum atomic E-state index is 12.3. The average molecular weight is 308 g/mol. The lowest BCUT2D eigenvalue weighted by Gasteiger charge is -2.16. The summed E-state index contributed by atoms with van der Waals surface area (Å²) in [6.07, 6.45) is 8.25. The first kappa shape index (κ1) is 15.4. The lowest BCUT2D eigenvalue weighted by molar-refractivity contribution is -0.116. The normalized spacial score (nSPS) is 13.2. The van der Waals surface area contributed by atoms with Gasteiger partial charge in [0.1, 0.15) is 0 Å². The van der Waals surface area contributed by atoms with Gasteiger partial charge in [0.05, 0.1) is 0 Å². The van der Waals surface area contributed by atoms with Gasteiger partial charge in [-0.15, -0.1) is 0 Å². The Bertz CT molecular complexity index is 711. The van der Waals surface area contributed by atoms with Crippen molar-refractivity contribution in [1.82, 2.24) is 4.98 Å². The van der Waals surface area contributed by atoms with Gasteiger partial charge in [0, 0.05) is 36.5 Å². The number of rotatable bonds is 5. The minimum absolute atomic E-state index is 0.0308. The minimum Gasteiger partial charge on any atom is -0.326 e. The zero-order chi connectivity index (χ0) is 16.1. The van der Waals surface area contributed by atoms with E-state index in [0.29, 0.717) is 5.69 Å². The van der Waals surface area contributed by atoms with Crippen LogP contribution in [-0.2, 0) is 17.6 Å². The van der Waals surface area contributed by atoms with Crippen LogP contribution in [0.2, 0.25) is 0 Å². The van der Waals surface area contributed by atoms with Crippen LogP contribution in [0, 0.1) is 0 Å². The topological polar surface area (TPSA) is 59.1 Å². The Kier molecular flexibility index (Phi) is 4.81. The second-order valence-electron chi connectivity index (χ2n) is 5.90. The monoisotopic (exact) mass is 308 g/mol. The van der Waals surface area contributed by atoms with E-state index >= 15 is 0 Å². The number of aryl methyl sites for hydroxylation is 2. The summed E-state index contributed by atoms with van der Waals surface area (Å²) in [7, 11) is 0. The Morgan fingerprint density at radius 2 is 1.70 bits per heavy atom. The van der Waals surface area contributed by atoms with E-state index in [1.54, 1.807) is 24.5 Å². The van der Waals surface area contributed by atoms with Crippen LogP contribution in [0.3, 0.4) is 0 Å². The molecule has 2 aromatic rings. The molecular weight excluding hydrogens is 288 g/mol. The number of hydrogen-bond donors (Lipinski definition) is 1. The molecule has 0 aliphatic heterocycles. The molecule has 0 saturated carbocycles. The van der Waals surface area contributed by atoms with Gasteiger partial charge in [-0.25, -0.2) is 0 Å². The number of Topliss-reactive ketones (excluding diaryl/α,β-unsaturated/α-hetero) is 1. The third-order valence-corrected chi connectivity index (χ3v) is 4.21. The Hall–Kier alpha value is -2.49. The lowest BCUT2D eigenvalue weighted by Crippen LogP contribution is -2.14. The molecule has 0 bridgehead atoms. The van der Waals surface area contributed by atoms with Crippen molar-refractivity contribution in [1.29, 1.82) is 0 Å². The SMILES string of the molecule is O=C(CCC(=O)c1ccc2c(c1)CCCC2)Nc1ccncc1. The molecule has 1 aromatic carbocycles. The molecule has 1 amide bonds. The van der Waals surface area contributed by atoms with E-state index in [0.717, 1.165) is 18.4 Å². The summed E-state index contributed by atoms with van der Waals surface area (Å²) < 4.78 is 0. The van der Waals surface area contributed by atoms with Crippen molar-refractivity contribution < 1.29 is 9.59 Å². The number of hydrogen-bond acceptors (Lipinski definition) is 3. The number of nitrogens with zero attached hydrogens (tertiary/aromatic N) is 1. The molecule has 1 aliphatic carbocycles. The molecule has 1 aliphatic rings. The van der Waals surface area contributed by atoms with Crippen LogP contribution in [0.4, 0.5) is 5.69 Å². The highest BCUT2D eigenvalue weighted by molar-refractivity contribution is 6.00. The third-order valence-electron chi connectivity index (χ3n) is 4.21. The highest BCUT2D eigenvalue weighted by atomic mass is 16.2. The molecule has 4 heteroatoms. The lowest BCUT2D eigenvalue weighted by atomic mass is 9.89. The molecule has 23 heavy (non-hydrogen) atoms. The van der Waals surface area contributed by atoms with Crippen molar-refractivity contribution in [3.8, 4) is 0 Å². The maximum absolute atomic E-state index is 12.3. The highest BCUT2D eigenvalue weighted by Crippen LogP contribution is 2.23. The van der Waals surface area contributed by atoms with Gasteiger partial charge in [0.15, 0.2) is 5.78 Å². The predicted molar refractivity (Wildman–Crippen MR) is 89.5 cm³/mol. The van der Waals surface area contributed by atoms with Crippen molar-refractivity contribution in [2.75, 3.05) is 5.32 Å². The summed E-state index contributed by atoms with van der Waals surface area (Å²) in [4.78, 5) is 28.1. The fraction of sp³-hybridized carbons (Fsp3) is 0.316. The predicted octanol–water partition coefficient (Wildman–Crippen LogP) is 3.56. The summed E-state index contributed by atoms with van der Waals surface area (Å²) in [5, 5.41) is 2.77. The number of anilines is 1. The number of carbonyl (C=O) groups excluding carboxylic acids is 2. The zero-order valence-corrected chi connectivity index (χ0v) is 13.0. The van der Waals surface area contributed by atoms with Gasteiger partial charge in [-0.05, 0) is 55.0 Å². The summed E-state index contributed by atoms with van der Waals surface area (Å²) in [6, 6.07) is 9.43. The molecular formula is C19H20N2O2. The summed E-state index contributed by atoms with van der Waals surface area (Å²) in [6.45, 7) is 0. The average Bonchev–Trinajstić information content (AvgIpc) is 2.60. The van der Waals surface area contributed by atoms with Crippen LogP contribution in [-0.4, -0.2) is 16.7 Å². The molecule has 0 saturated heterocycles. The van der Waals surface area contributed by atoms with Crippen molar-refractivity contribution in [2.45, 2.75) is 38.5 Å². The fourth-order valence-electron chi connectivity index (χ4n) is 2.94. The van der Waals surface area contributed by atoms with Gasteiger partial charge in [-0.1, -0.05) is 12.1 Å². The van der Waals surface area contributed by atoms with E-state index in [-0.39, 0.29) is 24.5 Å². The van der Waals surface area contributed by atoms with E-state index in [1.165, 1.54) is 24.0 Å². The van der Waals surface area contributed by atoms with Gasteiger partial charge < -0.3 is 5.32 Å². The maximum Gasteiger partial charge on any atom is 0.224 e. The molecule has 3 rings (SSSR count). The van der Waals surface area contributed by atoms with Crippen LogP contribution in [0.1, 0.15) is 47.2 Å². The van der Waals surface area contributed by atoms with Crippen LogP contribution in [0.5, 0.6) is 0 Å². The van der Waals surface area contributed by atoms with E-state index in [2.05, 4.69) is 16.4 Å². The number of fused-ring (bicyclic) bond motifs is 1. The van der Waals surface area contributed by atoms with E-state index < -0.39 is 0 Å². The molecule has 0 unspecified atom stereocenters. The fourth-order valence-corrected chi connectivity index (χ4v) is 2.94. The number of benzene rings is 1. The molecule has 0 fully saturated rings. The number of nitrogens with one attached hydrogen (secondary N) is 1. The Labute approximate surface area is 135 Å². The van der Waals surface area contributed by atoms with E-state index in [1.807, 2.05) is 12.1 Å². The number of pyridine rings is 1. The first-order valence-corrected chi connectivity index (χ1v) is 8.07. The quantitative estimate of drug-likeness (QED) is 0.859. The van der Waals surface area contributed by atoms with E-state index in [9.17, 15) is 9.59 Å². The van der Waals surface area contributed by atoms with Crippen molar-refractivity contribution in [3.05, 3.63) is 59.4 Å². The molecule has 0 spiro atoms. The van der Waals surface area contributed by atoms with Crippen LogP contribution < -0.4 is 5.32 Å². The smallest absolute Gasteiger partial charge is 0.224 e. The molecule has 0 atom stereocenters. The molecule has 1 heterocycles. The second-order valence-corrected chi connectivity index (χ2v) is 5.90. The summed E-state index contributed by atoms with van der Waals surface area (Å²) in [5.41, 5.74) is 4.08. The molecule has 1 aromatic heterocycles. The van der Waals surface area contributed by atoms with Crippen LogP contribution in [0.15, 0.2) is 42.7 Å². The third kappa shape index (κ3) is 4.03. The molecule has 118 valence electrons. The minimum atomic E-state index is -0.150. The van der Waals surface area contributed by atoms with Crippen LogP contribution in [0.25, 0.3) is 0 Å². The van der Waals surface area contributed by atoms with Gasteiger partial charge in [0.2, 0.25) is 5.91 Å². The zero-order valence-electron chi connectivity index (χ0n) is 13.0. The Balaban J connectivity index is 1.56. The van der Waals surface area contributed by atoms with Gasteiger partial charge in [0.25, 0.3) is 0 Å². The summed E-state index contributed by atoms with van der Waals surface area (Å²) >= 11 is 0. The summed E-state index contributed by atoms with van der Waals surface area (Å²) in [5.74, 6) is -0.120. The first-order chi connectivity index (χ1) is 11.2. The Morgan fingerprint density at radius 1 is 0.957 bits per heavy atom. The van der Waals surface area contributed by atoms with Gasteiger partial charge in [-0.3, -0.25) is 14.6 Å². The first-order valence-electron chi connectivity index (χ1n) is 8.07. The Morgan fingerprint density at radius 3 is 2.48 bits per heavy atom. The van der Waals surface area contributed by atoms with Gasteiger partial charge in [-0.2, -0.15) is 0 Å². The van der Waals surface area contributed by atoms with Crippen molar-refractivity contribution >= 4 is 17.4 Å². The highest BCUT2D eigenvalue weighted by Gasteiger charge is 2.14. The van der Waals surface area contributed by atoms with E-state index in [4.69, 9.17) is 0 Å². The van der Waals surface area contributed by atoms with Crippen LogP contribution >= 0.6 is 0 Å². The molecule has 1 N–H and O–H groups in total. The van der Waals surface area contributed by atoms with Gasteiger partial charge >= 0.3 is 0 Å². The van der Waals surface area contributed by atoms with Crippen molar-refractivity contribution in [3.63, 3.8) is 0 Å². The molecule has 0 radical (unpaired) electrons. The largest absolute Gasteiger partial charge is 0.326 e. The number of amides is 1.